The fourth-order valence-electron chi connectivity index (χ4n) is 2.12. The number of nitrogens with one attached hydrogen (secondary N) is 1. The number of aromatic nitrogens is 1. The van der Waals surface area contributed by atoms with E-state index in [4.69, 9.17) is 4.74 Å². The summed E-state index contributed by atoms with van der Waals surface area (Å²) in [6.45, 7) is 6.31. The molecule has 6 heteroatoms. The molecule has 0 radical (unpaired) electrons. The Labute approximate surface area is 158 Å². The Morgan fingerprint density at radius 1 is 1.24 bits per heavy atom. The summed E-state index contributed by atoms with van der Waals surface area (Å²) < 4.78 is 6.57. The van der Waals surface area contributed by atoms with Gasteiger partial charge in [0.1, 0.15) is 4.34 Å². The molecule has 1 aromatic heterocycles. The summed E-state index contributed by atoms with van der Waals surface area (Å²) in [4.78, 5) is 16.6. The highest BCUT2D eigenvalue weighted by molar-refractivity contribution is 8.00. The normalized spacial score (nSPS) is 10.8. The van der Waals surface area contributed by atoms with Crippen LogP contribution in [0.15, 0.2) is 34.0 Å². The second-order valence-electron chi connectivity index (χ2n) is 5.82. The van der Waals surface area contributed by atoms with E-state index in [0.29, 0.717) is 18.7 Å². The molecule has 136 valence electrons. The predicted octanol–water partition coefficient (Wildman–Crippen LogP) is 4.68. The molecular formula is C19H26N2O2S2. The van der Waals surface area contributed by atoms with E-state index < -0.39 is 0 Å². The van der Waals surface area contributed by atoms with Crippen molar-refractivity contribution in [3.05, 3.63) is 46.5 Å². The number of rotatable bonds is 11. The van der Waals surface area contributed by atoms with Crippen molar-refractivity contribution >= 4 is 29.0 Å². The fraction of sp³-hybridized carbons (Fsp3) is 0.474. The van der Waals surface area contributed by atoms with E-state index in [9.17, 15) is 4.79 Å². The van der Waals surface area contributed by atoms with Crippen LogP contribution < -0.4 is 5.32 Å². The van der Waals surface area contributed by atoms with Crippen LogP contribution in [-0.4, -0.2) is 30.6 Å². The summed E-state index contributed by atoms with van der Waals surface area (Å²) in [6.07, 6.45) is 3.09. The summed E-state index contributed by atoms with van der Waals surface area (Å²) in [5, 5.41) is 5.00. The number of nitrogens with zero attached hydrogens (tertiary/aromatic N) is 1. The van der Waals surface area contributed by atoms with E-state index in [1.807, 2.05) is 31.2 Å². The lowest BCUT2D eigenvalue weighted by Crippen LogP contribution is -2.25. The van der Waals surface area contributed by atoms with Crippen molar-refractivity contribution in [3.8, 4) is 0 Å². The summed E-state index contributed by atoms with van der Waals surface area (Å²) in [5.74, 6) is 0.840. The lowest BCUT2D eigenvalue weighted by Gasteiger charge is -2.07. The van der Waals surface area contributed by atoms with Gasteiger partial charge in [-0.25, -0.2) is 4.98 Å². The molecule has 0 fully saturated rings. The number of hydrogen-bond acceptors (Lipinski definition) is 5. The zero-order chi connectivity index (χ0) is 17.9. The van der Waals surface area contributed by atoms with Crippen molar-refractivity contribution in [2.24, 2.45) is 0 Å². The van der Waals surface area contributed by atoms with Gasteiger partial charge in [0.25, 0.3) is 5.91 Å². The average Bonchev–Trinajstić information content (AvgIpc) is 3.05. The number of aryl methyl sites for hydroxylation is 1. The van der Waals surface area contributed by atoms with Gasteiger partial charge >= 0.3 is 0 Å². The highest BCUT2D eigenvalue weighted by Crippen LogP contribution is 2.26. The third-order valence-corrected chi connectivity index (χ3v) is 5.78. The van der Waals surface area contributed by atoms with Gasteiger partial charge in [-0.2, -0.15) is 0 Å². The molecule has 0 bridgehead atoms. The first-order chi connectivity index (χ1) is 12.2. The first-order valence-corrected chi connectivity index (χ1v) is 10.6. The molecule has 0 aliphatic rings. The molecule has 1 N–H and O–H groups in total. The van der Waals surface area contributed by atoms with Gasteiger partial charge in [-0.1, -0.05) is 37.2 Å². The van der Waals surface area contributed by atoms with Crippen LogP contribution in [0.3, 0.4) is 0 Å². The number of thiazole rings is 1. The van der Waals surface area contributed by atoms with Crippen LogP contribution in [-0.2, 0) is 10.5 Å². The Bertz CT molecular complexity index is 641. The van der Waals surface area contributed by atoms with Gasteiger partial charge < -0.3 is 10.1 Å². The highest BCUT2D eigenvalue weighted by atomic mass is 32.2. The molecule has 0 atom stereocenters. The first-order valence-electron chi connectivity index (χ1n) is 8.69. The number of carbonyl (C=O) groups excluding carboxylic acids is 1. The molecule has 0 unspecified atom stereocenters. The molecule has 0 saturated carbocycles. The largest absolute Gasteiger partial charge is 0.381 e. The number of carbonyl (C=O) groups is 1. The second-order valence-corrected chi connectivity index (χ2v) is 7.90. The lowest BCUT2D eigenvalue weighted by molar-refractivity contribution is 0.0940. The molecular weight excluding hydrogens is 352 g/mol. The van der Waals surface area contributed by atoms with E-state index in [1.165, 1.54) is 5.56 Å². The summed E-state index contributed by atoms with van der Waals surface area (Å²) in [6, 6.07) is 7.79. The van der Waals surface area contributed by atoms with E-state index in [-0.39, 0.29) is 5.91 Å². The Morgan fingerprint density at radius 2 is 2.00 bits per heavy atom. The van der Waals surface area contributed by atoms with Gasteiger partial charge in [-0.3, -0.25) is 4.79 Å². The van der Waals surface area contributed by atoms with Crippen molar-refractivity contribution in [2.45, 2.75) is 43.2 Å². The minimum atomic E-state index is -0.0247. The number of benzene rings is 1. The molecule has 2 rings (SSSR count). The van der Waals surface area contributed by atoms with Crippen LogP contribution in [0.1, 0.15) is 47.8 Å². The van der Waals surface area contributed by atoms with E-state index in [2.05, 4.69) is 22.6 Å². The summed E-state index contributed by atoms with van der Waals surface area (Å²) >= 11 is 3.40. The van der Waals surface area contributed by atoms with Gasteiger partial charge in [0, 0.05) is 42.1 Å². The van der Waals surface area contributed by atoms with Gasteiger partial charge in [-0.15, -0.1) is 11.3 Å². The molecule has 0 saturated heterocycles. The average molecular weight is 379 g/mol. The maximum Gasteiger partial charge on any atom is 0.251 e. The summed E-state index contributed by atoms with van der Waals surface area (Å²) in [5.41, 5.74) is 2.96. The molecule has 0 aliphatic carbocycles. The number of hydrogen-bond donors (Lipinski definition) is 1. The number of thioether (sulfide) groups is 1. The van der Waals surface area contributed by atoms with Crippen LogP contribution >= 0.6 is 23.1 Å². The topological polar surface area (TPSA) is 51.2 Å². The minimum Gasteiger partial charge on any atom is -0.381 e. The molecule has 1 heterocycles. The Kier molecular flexibility index (Phi) is 9.00. The standard InChI is InChI=1S/C19H26N2O2S2/c1-3-4-11-23-12-5-10-20-18(22)17-8-6-16(7-9-17)14-25-19-21-15(2)13-24-19/h6-9,13H,3-5,10-12,14H2,1-2H3,(H,20,22). The minimum absolute atomic E-state index is 0.0247. The highest BCUT2D eigenvalue weighted by Gasteiger charge is 2.06. The number of ether oxygens (including phenoxy) is 1. The van der Waals surface area contributed by atoms with Crippen molar-refractivity contribution in [1.82, 2.24) is 10.3 Å². The van der Waals surface area contributed by atoms with Crippen LogP contribution in [0.2, 0.25) is 0 Å². The molecule has 4 nitrogen and oxygen atoms in total. The van der Waals surface area contributed by atoms with Crippen molar-refractivity contribution in [3.63, 3.8) is 0 Å². The fourth-order valence-corrected chi connectivity index (χ4v) is 3.93. The second kappa shape index (κ2) is 11.3. The van der Waals surface area contributed by atoms with Crippen LogP contribution in [0.25, 0.3) is 0 Å². The van der Waals surface area contributed by atoms with Gasteiger partial charge in [0.05, 0.1) is 0 Å². The van der Waals surface area contributed by atoms with E-state index >= 15 is 0 Å². The zero-order valence-corrected chi connectivity index (χ0v) is 16.5. The zero-order valence-electron chi connectivity index (χ0n) is 14.9. The Hall–Kier alpha value is -1.37. The first kappa shape index (κ1) is 19.9. The molecule has 25 heavy (non-hydrogen) atoms. The quantitative estimate of drug-likeness (QED) is 0.456. The molecule has 0 aliphatic heterocycles. The smallest absolute Gasteiger partial charge is 0.251 e. The van der Waals surface area contributed by atoms with Crippen LogP contribution in [0, 0.1) is 6.92 Å². The van der Waals surface area contributed by atoms with Crippen molar-refractivity contribution < 1.29 is 9.53 Å². The molecule has 1 amide bonds. The molecule has 1 aromatic carbocycles. The maximum atomic E-state index is 12.1. The van der Waals surface area contributed by atoms with Crippen LogP contribution in [0.4, 0.5) is 0 Å². The summed E-state index contributed by atoms with van der Waals surface area (Å²) in [7, 11) is 0. The van der Waals surface area contributed by atoms with Gasteiger partial charge in [-0.05, 0) is 37.5 Å². The van der Waals surface area contributed by atoms with Crippen molar-refractivity contribution in [1.29, 1.82) is 0 Å². The molecule has 0 spiro atoms. The van der Waals surface area contributed by atoms with E-state index in [1.54, 1.807) is 23.1 Å². The molecule has 2 aromatic rings. The Balaban J connectivity index is 1.67. The third kappa shape index (κ3) is 7.59. The Morgan fingerprint density at radius 3 is 2.68 bits per heavy atom. The van der Waals surface area contributed by atoms with Gasteiger partial charge in [0.2, 0.25) is 0 Å². The van der Waals surface area contributed by atoms with E-state index in [0.717, 1.165) is 41.7 Å². The monoisotopic (exact) mass is 378 g/mol. The van der Waals surface area contributed by atoms with Gasteiger partial charge in [0.15, 0.2) is 0 Å². The SMILES string of the molecule is CCCCOCCCNC(=O)c1ccc(CSc2nc(C)cs2)cc1. The third-order valence-electron chi connectivity index (χ3n) is 3.57. The maximum absolute atomic E-state index is 12.1. The van der Waals surface area contributed by atoms with Crippen molar-refractivity contribution in [2.75, 3.05) is 19.8 Å². The predicted molar refractivity (Wildman–Crippen MR) is 106 cm³/mol. The number of unbranched alkanes of at least 4 members (excludes halogenated alkanes) is 1. The van der Waals surface area contributed by atoms with Crippen LogP contribution in [0.5, 0.6) is 0 Å². The lowest BCUT2D eigenvalue weighted by atomic mass is 10.1. The number of amides is 1.